The average molecular weight is 288 g/mol. The number of aliphatic hydroxyl groups is 2. The van der Waals surface area contributed by atoms with Gasteiger partial charge in [0.25, 0.3) is 0 Å². The van der Waals surface area contributed by atoms with Crippen LogP contribution in [0.4, 0.5) is 0 Å². The summed E-state index contributed by atoms with van der Waals surface area (Å²) in [7, 11) is 0. The van der Waals surface area contributed by atoms with Crippen LogP contribution in [0.1, 0.15) is 23.3 Å². The number of allylic oxidation sites excluding steroid dienone is 2. The van der Waals surface area contributed by atoms with Crippen LogP contribution in [0.5, 0.6) is 0 Å². The maximum absolute atomic E-state index is 9.83. The molecule has 2 rings (SSSR count). The summed E-state index contributed by atoms with van der Waals surface area (Å²) < 4.78 is 0. The lowest BCUT2D eigenvalue weighted by Gasteiger charge is -2.01. The Morgan fingerprint density at radius 2 is 1.00 bits per heavy atom. The van der Waals surface area contributed by atoms with Crippen LogP contribution < -0.4 is 0 Å². The number of aliphatic hydroxyl groups excluding tert-OH is 2. The molecule has 22 heavy (non-hydrogen) atoms. The van der Waals surface area contributed by atoms with Gasteiger partial charge in [0.05, 0.1) is 0 Å². The van der Waals surface area contributed by atoms with Crippen molar-refractivity contribution in [3.05, 3.63) is 83.9 Å². The summed E-state index contributed by atoms with van der Waals surface area (Å²) in [4.78, 5) is 0. The first-order valence-electron chi connectivity index (χ1n) is 6.90. The minimum atomic E-state index is -0.811. The SMILES string of the molecule is O[C@H](C#C/C=C\C#C[C@@H](O)c1ccccc1)c1ccccc1. The molecule has 2 atom stereocenters. The van der Waals surface area contributed by atoms with E-state index in [1.807, 2.05) is 60.7 Å². The molecule has 2 N–H and O–H groups in total. The Bertz CT molecular complexity index is 660. The number of hydrogen-bond donors (Lipinski definition) is 2. The summed E-state index contributed by atoms with van der Waals surface area (Å²) in [6.45, 7) is 0. The van der Waals surface area contributed by atoms with Gasteiger partial charge in [-0.05, 0) is 23.3 Å². The number of benzene rings is 2. The summed E-state index contributed by atoms with van der Waals surface area (Å²) in [6.07, 6.45) is 1.48. The molecule has 2 aromatic carbocycles. The molecule has 0 heterocycles. The molecule has 0 aliphatic rings. The van der Waals surface area contributed by atoms with E-state index in [1.54, 1.807) is 12.2 Å². The van der Waals surface area contributed by atoms with E-state index >= 15 is 0 Å². The van der Waals surface area contributed by atoms with Gasteiger partial charge in [-0.2, -0.15) is 0 Å². The fourth-order valence-corrected chi connectivity index (χ4v) is 1.77. The predicted molar refractivity (Wildman–Crippen MR) is 87.5 cm³/mol. The third kappa shape index (κ3) is 4.96. The predicted octanol–water partition coefficient (Wildman–Crippen LogP) is 3.02. The second kappa shape index (κ2) is 8.49. The fraction of sp³-hybridized carbons (Fsp3) is 0.100. The molecule has 2 heteroatoms. The Morgan fingerprint density at radius 3 is 1.36 bits per heavy atom. The van der Waals surface area contributed by atoms with Crippen molar-refractivity contribution >= 4 is 0 Å². The molecule has 0 saturated carbocycles. The molecule has 0 spiro atoms. The quantitative estimate of drug-likeness (QED) is 0.834. The Hall–Kier alpha value is -2.78. The van der Waals surface area contributed by atoms with Crippen molar-refractivity contribution in [2.75, 3.05) is 0 Å². The highest BCUT2D eigenvalue weighted by atomic mass is 16.3. The Labute approximate surface area is 130 Å². The lowest BCUT2D eigenvalue weighted by Crippen LogP contribution is -1.92. The first kappa shape index (κ1) is 15.6. The normalized spacial score (nSPS) is 12.6. The zero-order valence-corrected chi connectivity index (χ0v) is 12.0. The van der Waals surface area contributed by atoms with Gasteiger partial charge in [-0.15, -0.1) is 0 Å². The van der Waals surface area contributed by atoms with Crippen LogP contribution in [-0.4, -0.2) is 10.2 Å². The monoisotopic (exact) mass is 288 g/mol. The van der Waals surface area contributed by atoms with Crippen LogP contribution in [0.15, 0.2) is 72.8 Å². The van der Waals surface area contributed by atoms with E-state index in [-0.39, 0.29) is 0 Å². The maximum Gasteiger partial charge on any atom is 0.140 e. The lowest BCUT2D eigenvalue weighted by atomic mass is 10.1. The van der Waals surface area contributed by atoms with Gasteiger partial charge in [0.1, 0.15) is 12.2 Å². The van der Waals surface area contributed by atoms with E-state index in [1.165, 1.54) is 0 Å². The summed E-state index contributed by atoms with van der Waals surface area (Å²) in [5, 5.41) is 19.7. The minimum Gasteiger partial charge on any atom is -0.376 e. The fourth-order valence-electron chi connectivity index (χ4n) is 1.77. The summed E-state index contributed by atoms with van der Waals surface area (Å²) in [6, 6.07) is 18.5. The number of rotatable bonds is 2. The Kier molecular flexibility index (Phi) is 6.03. The van der Waals surface area contributed by atoms with Gasteiger partial charge < -0.3 is 10.2 Å². The highest BCUT2D eigenvalue weighted by Gasteiger charge is 2.00. The molecule has 2 aromatic rings. The van der Waals surface area contributed by atoms with Crippen molar-refractivity contribution in [3.63, 3.8) is 0 Å². The first-order chi connectivity index (χ1) is 10.8. The standard InChI is InChI=1S/C20H16O2/c21-19(17-11-5-3-6-12-17)15-9-1-2-10-16-20(22)18-13-7-4-8-14-18/h1-8,11-14,19-22H/b2-1-/t19-,20-/m1/s1. The molecule has 0 amide bonds. The molecule has 108 valence electrons. The first-order valence-corrected chi connectivity index (χ1v) is 6.90. The summed E-state index contributed by atoms with van der Waals surface area (Å²) in [5.41, 5.74) is 1.52. The van der Waals surface area contributed by atoms with E-state index in [0.717, 1.165) is 11.1 Å². The molecular formula is C20H16O2. The van der Waals surface area contributed by atoms with Crippen molar-refractivity contribution in [2.45, 2.75) is 12.2 Å². The van der Waals surface area contributed by atoms with Gasteiger partial charge >= 0.3 is 0 Å². The van der Waals surface area contributed by atoms with Crippen molar-refractivity contribution < 1.29 is 10.2 Å². The van der Waals surface area contributed by atoms with E-state index in [2.05, 4.69) is 23.7 Å². The van der Waals surface area contributed by atoms with Gasteiger partial charge in [0, 0.05) is 0 Å². The molecule has 0 saturated heterocycles. The van der Waals surface area contributed by atoms with Crippen molar-refractivity contribution in [2.24, 2.45) is 0 Å². The molecule has 0 fully saturated rings. The average Bonchev–Trinajstić information content (AvgIpc) is 2.59. The molecule has 0 radical (unpaired) electrons. The van der Waals surface area contributed by atoms with Crippen molar-refractivity contribution in [1.82, 2.24) is 0 Å². The van der Waals surface area contributed by atoms with E-state index in [0.29, 0.717) is 0 Å². The summed E-state index contributed by atoms with van der Waals surface area (Å²) >= 11 is 0. The molecule has 0 aliphatic heterocycles. The van der Waals surface area contributed by atoms with Crippen molar-refractivity contribution in [3.8, 4) is 23.7 Å². The minimum absolute atomic E-state index is 0.758. The molecule has 0 bridgehead atoms. The topological polar surface area (TPSA) is 40.5 Å². The summed E-state index contributed by atoms with van der Waals surface area (Å²) in [5.74, 6) is 10.9. The third-order valence-electron chi connectivity index (χ3n) is 2.92. The second-order valence-corrected chi connectivity index (χ2v) is 4.54. The van der Waals surface area contributed by atoms with E-state index in [9.17, 15) is 10.2 Å². The van der Waals surface area contributed by atoms with Gasteiger partial charge in [0.2, 0.25) is 0 Å². The third-order valence-corrected chi connectivity index (χ3v) is 2.92. The van der Waals surface area contributed by atoms with Crippen LogP contribution in [0.2, 0.25) is 0 Å². The molecular weight excluding hydrogens is 272 g/mol. The highest BCUT2D eigenvalue weighted by molar-refractivity contribution is 5.32. The molecule has 0 aromatic heterocycles. The van der Waals surface area contributed by atoms with Crippen LogP contribution in [0.25, 0.3) is 0 Å². The van der Waals surface area contributed by atoms with E-state index in [4.69, 9.17) is 0 Å². The van der Waals surface area contributed by atoms with Crippen LogP contribution >= 0.6 is 0 Å². The Morgan fingerprint density at radius 1 is 0.636 bits per heavy atom. The van der Waals surface area contributed by atoms with Crippen molar-refractivity contribution in [1.29, 1.82) is 0 Å². The highest BCUT2D eigenvalue weighted by Crippen LogP contribution is 2.10. The zero-order valence-electron chi connectivity index (χ0n) is 12.0. The zero-order chi connectivity index (χ0) is 15.6. The lowest BCUT2D eigenvalue weighted by molar-refractivity contribution is 0.238. The van der Waals surface area contributed by atoms with Gasteiger partial charge in [-0.25, -0.2) is 0 Å². The Balaban J connectivity index is 1.90. The van der Waals surface area contributed by atoms with Crippen LogP contribution in [0.3, 0.4) is 0 Å². The largest absolute Gasteiger partial charge is 0.376 e. The van der Waals surface area contributed by atoms with Gasteiger partial charge in [-0.1, -0.05) is 84.3 Å². The maximum atomic E-state index is 9.83. The van der Waals surface area contributed by atoms with Crippen LogP contribution in [0, 0.1) is 23.7 Å². The molecule has 0 unspecified atom stereocenters. The van der Waals surface area contributed by atoms with Gasteiger partial charge in [0.15, 0.2) is 0 Å². The van der Waals surface area contributed by atoms with E-state index < -0.39 is 12.2 Å². The number of hydrogen-bond acceptors (Lipinski definition) is 2. The smallest absolute Gasteiger partial charge is 0.140 e. The van der Waals surface area contributed by atoms with Crippen LogP contribution in [-0.2, 0) is 0 Å². The molecule has 2 nitrogen and oxygen atoms in total. The molecule has 0 aliphatic carbocycles. The van der Waals surface area contributed by atoms with Gasteiger partial charge in [-0.3, -0.25) is 0 Å². The second-order valence-electron chi connectivity index (χ2n) is 4.54.